The number of ether oxygens (including phenoxy) is 2. The molecule has 0 aliphatic rings. The molecule has 0 N–H and O–H groups in total. The first-order chi connectivity index (χ1) is 8.83. The van der Waals surface area contributed by atoms with Gasteiger partial charge in [0.15, 0.2) is 0 Å². The normalized spacial score (nSPS) is 11.6. The van der Waals surface area contributed by atoms with Gasteiger partial charge < -0.3 is 9.47 Å². The van der Waals surface area contributed by atoms with Crippen molar-refractivity contribution >= 4 is 28.6 Å². The van der Waals surface area contributed by atoms with E-state index in [9.17, 15) is 4.79 Å². The van der Waals surface area contributed by atoms with Crippen molar-refractivity contribution in [2.75, 3.05) is 7.11 Å². The maximum Gasteiger partial charge on any atom is 0.418 e. The Bertz CT molecular complexity index is 625. The number of fused-ring (bicyclic) bond motifs is 1. The summed E-state index contributed by atoms with van der Waals surface area (Å²) in [5.41, 5.74) is 0.362. The van der Waals surface area contributed by atoms with Gasteiger partial charge in [0.25, 0.3) is 0 Å². The molecule has 0 saturated carbocycles. The summed E-state index contributed by atoms with van der Waals surface area (Å²) < 4.78 is 11.9. The van der Waals surface area contributed by atoms with E-state index in [0.29, 0.717) is 16.3 Å². The van der Waals surface area contributed by atoms with Crippen molar-refractivity contribution in [3.05, 3.63) is 29.4 Å². The predicted octanol–water partition coefficient (Wildman–Crippen LogP) is 4.09. The third kappa shape index (κ3) is 2.68. The predicted molar refractivity (Wildman–Crippen MR) is 75.1 cm³/mol. The van der Waals surface area contributed by atoms with Gasteiger partial charge in [-0.2, -0.15) is 0 Å². The molecule has 1 aromatic carbocycles. The van der Waals surface area contributed by atoms with Crippen LogP contribution in [0.5, 0.6) is 5.75 Å². The van der Waals surface area contributed by atoms with E-state index in [2.05, 4.69) is 0 Å². The highest BCUT2D eigenvalue weighted by Crippen LogP contribution is 2.35. The fourth-order valence-corrected chi connectivity index (χ4v) is 2.09. The number of carbonyl (C=O) groups is 1. The fraction of sp³-hybridized carbons (Fsp3) is 0.357. The zero-order valence-corrected chi connectivity index (χ0v) is 12.1. The lowest BCUT2D eigenvalue weighted by Crippen LogP contribution is -2.23. The molecule has 0 spiro atoms. The van der Waals surface area contributed by atoms with E-state index < -0.39 is 6.09 Å². The highest BCUT2D eigenvalue weighted by molar-refractivity contribution is 6.37. The SMILES string of the molecule is COC(=O)n1ccc2c(Cl)c(OC(C)(C)C)ccc21. The van der Waals surface area contributed by atoms with E-state index in [4.69, 9.17) is 21.1 Å². The van der Waals surface area contributed by atoms with Crippen LogP contribution in [-0.4, -0.2) is 23.4 Å². The zero-order chi connectivity index (χ0) is 14.2. The highest BCUT2D eigenvalue weighted by atomic mass is 35.5. The molecule has 0 bridgehead atoms. The Kier molecular flexibility index (Phi) is 3.45. The molecule has 2 rings (SSSR count). The van der Waals surface area contributed by atoms with Crippen molar-refractivity contribution < 1.29 is 14.3 Å². The number of aromatic nitrogens is 1. The largest absolute Gasteiger partial charge is 0.487 e. The lowest BCUT2D eigenvalue weighted by atomic mass is 10.2. The molecule has 0 aliphatic carbocycles. The van der Waals surface area contributed by atoms with Gasteiger partial charge >= 0.3 is 6.09 Å². The van der Waals surface area contributed by atoms with Crippen LogP contribution in [0.1, 0.15) is 20.8 Å². The summed E-state index contributed by atoms with van der Waals surface area (Å²) in [5.74, 6) is 0.601. The van der Waals surface area contributed by atoms with Crippen molar-refractivity contribution in [2.45, 2.75) is 26.4 Å². The number of hydrogen-bond acceptors (Lipinski definition) is 3. The first-order valence-corrected chi connectivity index (χ1v) is 6.28. The van der Waals surface area contributed by atoms with E-state index >= 15 is 0 Å². The molecular formula is C14H16ClNO3. The lowest BCUT2D eigenvalue weighted by molar-refractivity contribution is 0.131. The molecule has 0 saturated heterocycles. The molecule has 102 valence electrons. The number of hydrogen-bond donors (Lipinski definition) is 0. The van der Waals surface area contributed by atoms with Crippen molar-refractivity contribution in [2.24, 2.45) is 0 Å². The van der Waals surface area contributed by atoms with Crippen LogP contribution < -0.4 is 4.74 Å². The minimum absolute atomic E-state index is 0.331. The summed E-state index contributed by atoms with van der Waals surface area (Å²) in [6.07, 6.45) is 1.18. The zero-order valence-electron chi connectivity index (χ0n) is 11.4. The third-order valence-electron chi connectivity index (χ3n) is 2.56. The average molecular weight is 282 g/mol. The van der Waals surface area contributed by atoms with Crippen LogP contribution in [-0.2, 0) is 4.74 Å². The maximum absolute atomic E-state index is 11.6. The van der Waals surface area contributed by atoms with Gasteiger partial charge in [-0.1, -0.05) is 11.6 Å². The quantitative estimate of drug-likeness (QED) is 0.790. The summed E-state index contributed by atoms with van der Waals surface area (Å²) >= 11 is 6.32. The van der Waals surface area contributed by atoms with E-state index in [1.165, 1.54) is 11.7 Å². The number of rotatable bonds is 1. The molecule has 2 aromatic rings. The van der Waals surface area contributed by atoms with Crippen molar-refractivity contribution in [3.63, 3.8) is 0 Å². The summed E-state index contributed by atoms with van der Waals surface area (Å²) in [5, 5.41) is 1.25. The molecule has 5 heteroatoms. The van der Waals surface area contributed by atoms with Crippen LogP contribution in [0.2, 0.25) is 5.02 Å². The molecule has 1 aromatic heterocycles. The number of halogens is 1. The Hall–Kier alpha value is -1.68. The highest BCUT2D eigenvalue weighted by Gasteiger charge is 2.18. The second kappa shape index (κ2) is 4.78. The third-order valence-corrected chi connectivity index (χ3v) is 2.95. The van der Waals surface area contributed by atoms with Crippen LogP contribution in [0.15, 0.2) is 24.4 Å². The molecule has 0 unspecified atom stereocenters. The molecule has 4 nitrogen and oxygen atoms in total. The second-order valence-corrected chi connectivity index (χ2v) is 5.56. The average Bonchev–Trinajstić information content (AvgIpc) is 2.75. The van der Waals surface area contributed by atoms with Gasteiger partial charge in [-0.05, 0) is 39.0 Å². The Morgan fingerprint density at radius 1 is 1.26 bits per heavy atom. The molecule has 0 atom stereocenters. The van der Waals surface area contributed by atoms with Gasteiger partial charge in [0.1, 0.15) is 11.4 Å². The number of nitrogens with zero attached hydrogens (tertiary/aromatic N) is 1. The van der Waals surface area contributed by atoms with E-state index in [1.807, 2.05) is 20.8 Å². The monoisotopic (exact) mass is 281 g/mol. The Balaban J connectivity index is 2.52. The smallest absolute Gasteiger partial charge is 0.418 e. The lowest BCUT2D eigenvalue weighted by Gasteiger charge is -2.22. The van der Waals surface area contributed by atoms with E-state index in [-0.39, 0.29) is 5.60 Å². The fourth-order valence-electron chi connectivity index (χ4n) is 1.83. The summed E-state index contributed by atoms with van der Waals surface area (Å²) in [4.78, 5) is 11.6. The van der Waals surface area contributed by atoms with Gasteiger partial charge in [-0.15, -0.1) is 0 Å². The standard InChI is InChI=1S/C14H16ClNO3/c1-14(2,3)19-11-6-5-10-9(12(11)15)7-8-16(10)13(17)18-4/h5-8H,1-4H3. The number of methoxy groups -OCH3 is 1. The van der Waals surface area contributed by atoms with Crippen molar-refractivity contribution in [1.82, 2.24) is 4.57 Å². The Morgan fingerprint density at radius 2 is 1.95 bits per heavy atom. The maximum atomic E-state index is 11.6. The van der Waals surface area contributed by atoms with Crippen LogP contribution in [0, 0.1) is 0 Å². The minimum Gasteiger partial charge on any atom is -0.487 e. The molecule has 0 fully saturated rings. The molecule has 1 heterocycles. The summed E-state index contributed by atoms with van der Waals surface area (Å²) in [6, 6.07) is 5.32. The van der Waals surface area contributed by atoms with Crippen molar-refractivity contribution in [3.8, 4) is 5.75 Å². The van der Waals surface area contributed by atoms with Gasteiger partial charge in [0.05, 0.1) is 17.6 Å². The molecule has 0 aliphatic heterocycles. The van der Waals surface area contributed by atoms with Crippen LogP contribution in [0.3, 0.4) is 0 Å². The van der Waals surface area contributed by atoms with Gasteiger partial charge in [-0.25, -0.2) is 4.79 Å². The summed E-state index contributed by atoms with van der Waals surface area (Å²) in [6.45, 7) is 5.85. The van der Waals surface area contributed by atoms with Crippen LogP contribution in [0.25, 0.3) is 10.9 Å². The minimum atomic E-state index is -0.449. The first-order valence-electron chi connectivity index (χ1n) is 5.90. The van der Waals surface area contributed by atoms with Gasteiger partial charge in [0, 0.05) is 11.6 Å². The number of benzene rings is 1. The number of carbonyl (C=O) groups excluding carboxylic acids is 1. The van der Waals surface area contributed by atoms with Crippen LogP contribution >= 0.6 is 11.6 Å². The Labute approximate surface area is 116 Å². The second-order valence-electron chi connectivity index (χ2n) is 5.18. The van der Waals surface area contributed by atoms with E-state index in [0.717, 1.165) is 5.39 Å². The summed E-state index contributed by atoms with van der Waals surface area (Å²) in [7, 11) is 1.34. The van der Waals surface area contributed by atoms with Crippen molar-refractivity contribution in [1.29, 1.82) is 0 Å². The molecule has 0 amide bonds. The first kappa shape index (κ1) is 13.7. The Morgan fingerprint density at radius 3 is 2.53 bits per heavy atom. The van der Waals surface area contributed by atoms with E-state index in [1.54, 1.807) is 24.4 Å². The van der Waals surface area contributed by atoms with Gasteiger partial charge in [0.2, 0.25) is 0 Å². The molecule has 0 radical (unpaired) electrons. The topological polar surface area (TPSA) is 40.5 Å². The van der Waals surface area contributed by atoms with Gasteiger partial charge in [-0.3, -0.25) is 4.57 Å². The molecule has 19 heavy (non-hydrogen) atoms. The van der Waals surface area contributed by atoms with Crippen LogP contribution in [0.4, 0.5) is 4.79 Å². The molecular weight excluding hydrogens is 266 g/mol.